The fraction of sp³-hybridized carbons (Fsp3) is 0.786. The molecular formula is C28H39N3O2. The molecule has 1 aromatic rings. The Kier molecular flexibility index (Phi) is 4.03. The number of nitrogens with zero attached hydrogens (tertiary/aromatic N) is 3. The smallest absolute Gasteiger partial charge is 0.246 e. The van der Waals surface area contributed by atoms with Gasteiger partial charge in [-0.25, -0.2) is 23.5 Å². The van der Waals surface area contributed by atoms with Crippen LogP contribution in [0.3, 0.4) is 0 Å². The van der Waals surface area contributed by atoms with Gasteiger partial charge < -0.3 is 0 Å². The van der Waals surface area contributed by atoms with Gasteiger partial charge in [0.1, 0.15) is 0 Å². The first-order valence-electron chi connectivity index (χ1n) is 13.7. The molecule has 2 aliphatic heterocycles. The van der Waals surface area contributed by atoms with Crippen molar-refractivity contribution >= 4 is 0 Å². The highest BCUT2D eigenvalue weighted by Gasteiger charge is 2.64. The molecule has 33 heavy (non-hydrogen) atoms. The van der Waals surface area contributed by atoms with Gasteiger partial charge in [0, 0.05) is 17.9 Å². The number of hydrogen-bond donors (Lipinski definition) is 0. The van der Waals surface area contributed by atoms with E-state index in [2.05, 4.69) is 39.0 Å². The summed E-state index contributed by atoms with van der Waals surface area (Å²) in [7, 11) is 0. The van der Waals surface area contributed by atoms with Crippen molar-refractivity contribution in [3.63, 3.8) is 0 Å². The second-order valence-corrected chi connectivity index (χ2v) is 13.0. The van der Waals surface area contributed by atoms with Crippen LogP contribution in [0.2, 0.25) is 0 Å². The van der Waals surface area contributed by atoms with Crippen molar-refractivity contribution in [3.8, 4) is 0 Å². The van der Waals surface area contributed by atoms with Gasteiger partial charge in [-0.3, -0.25) is 0 Å². The number of rotatable bonds is 1. The summed E-state index contributed by atoms with van der Waals surface area (Å²) in [6.45, 7) is 7.08. The van der Waals surface area contributed by atoms with Gasteiger partial charge in [-0.05, 0) is 55.3 Å². The predicted octanol–water partition coefficient (Wildman–Crippen LogP) is 5.33. The van der Waals surface area contributed by atoms with Gasteiger partial charge >= 0.3 is 11.4 Å². The molecule has 178 valence electrons. The van der Waals surface area contributed by atoms with Crippen LogP contribution in [0.4, 0.5) is 0 Å². The third kappa shape index (κ3) is 2.26. The van der Waals surface area contributed by atoms with E-state index < -0.39 is 0 Å². The zero-order valence-electron chi connectivity index (χ0n) is 20.6. The van der Waals surface area contributed by atoms with Crippen LogP contribution in [0.15, 0.2) is 33.4 Å². The highest BCUT2D eigenvalue weighted by Crippen LogP contribution is 2.69. The molecule has 8 rings (SSSR count). The van der Waals surface area contributed by atoms with Crippen LogP contribution in [0.25, 0.3) is 0 Å². The summed E-state index contributed by atoms with van der Waals surface area (Å²) in [5.74, 6) is 1.40. The van der Waals surface area contributed by atoms with E-state index in [0.717, 1.165) is 25.7 Å². The summed E-state index contributed by atoms with van der Waals surface area (Å²) in [4.78, 5) is 28.3. The normalized spacial score (nSPS) is 44.6. The Morgan fingerprint density at radius 1 is 0.939 bits per heavy atom. The van der Waals surface area contributed by atoms with Crippen molar-refractivity contribution in [3.05, 3.63) is 44.8 Å². The van der Waals surface area contributed by atoms with Crippen molar-refractivity contribution in [2.24, 2.45) is 28.6 Å². The van der Waals surface area contributed by atoms with Gasteiger partial charge in [-0.1, -0.05) is 76.7 Å². The van der Waals surface area contributed by atoms with Crippen LogP contribution in [-0.2, 0) is 5.54 Å². The zero-order valence-corrected chi connectivity index (χ0v) is 20.6. The molecule has 5 nitrogen and oxygen atoms in total. The van der Waals surface area contributed by atoms with E-state index in [1.165, 1.54) is 44.9 Å². The SMILES string of the molecule is CC1(C)[C@H]2CC[C@@]1(C)[C@H](n1c(=O)n3n(c1=O)[C@@]14C=C[C@H]3[C@@H]3C=C(CCCCCCCC1)[C@H]34)C2. The second-order valence-electron chi connectivity index (χ2n) is 13.0. The lowest BCUT2D eigenvalue weighted by Gasteiger charge is -2.58. The Morgan fingerprint density at radius 3 is 2.42 bits per heavy atom. The summed E-state index contributed by atoms with van der Waals surface area (Å²) in [5.41, 5.74) is 1.33. The number of allylic oxidation sites excluding steroid dienone is 4. The van der Waals surface area contributed by atoms with E-state index in [0.29, 0.717) is 17.8 Å². The molecule has 7 atom stereocenters. The van der Waals surface area contributed by atoms with E-state index in [1.54, 1.807) is 10.1 Å². The second kappa shape index (κ2) is 6.46. The first-order valence-corrected chi connectivity index (χ1v) is 13.7. The fourth-order valence-corrected chi connectivity index (χ4v) is 9.43. The van der Waals surface area contributed by atoms with Crippen LogP contribution in [0, 0.1) is 28.6 Å². The highest BCUT2D eigenvalue weighted by atomic mass is 16.2. The molecule has 3 heterocycles. The summed E-state index contributed by atoms with van der Waals surface area (Å²) >= 11 is 0. The molecule has 0 aromatic carbocycles. The lowest BCUT2D eigenvalue weighted by Crippen LogP contribution is -2.62. The molecule has 0 saturated heterocycles. The van der Waals surface area contributed by atoms with E-state index in [1.807, 2.05) is 9.36 Å². The predicted molar refractivity (Wildman–Crippen MR) is 129 cm³/mol. The Morgan fingerprint density at radius 2 is 1.70 bits per heavy atom. The van der Waals surface area contributed by atoms with Crippen molar-refractivity contribution < 1.29 is 0 Å². The molecular weight excluding hydrogens is 410 g/mol. The molecule has 0 N–H and O–H groups in total. The summed E-state index contributed by atoms with van der Waals surface area (Å²) < 4.78 is 5.62. The monoisotopic (exact) mass is 449 g/mol. The van der Waals surface area contributed by atoms with Crippen molar-refractivity contribution in [2.45, 2.75) is 109 Å². The van der Waals surface area contributed by atoms with E-state index in [4.69, 9.17) is 0 Å². The summed E-state index contributed by atoms with van der Waals surface area (Å²) in [5, 5.41) is 0. The topological polar surface area (TPSA) is 48.9 Å². The van der Waals surface area contributed by atoms with Crippen molar-refractivity contribution in [1.82, 2.24) is 13.9 Å². The first kappa shape index (κ1) is 20.6. The quantitative estimate of drug-likeness (QED) is 0.545. The maximum Gasteiger partial charge on any atom is 0.348 e. The van der Waals surface area contributed by atoms with E-state index in [9.17, 15) is 9.59 Å². The average Bonchev–Trinajstić information content (AvgIpc) is 3.22. The van der Waals surface area contributed by atoms with Gasteiger partial charge in [0.05, 0.1) is 11.6 Å². The van der Waals surface area contributed by atoms with Crippen LogP contribution in [0.1, 0.15) is 103 Å². The van der Waals surface area contributed by atoms with Gasteiger partial charge in [0.25, 0.3) is 0 Å². The van der Waals surface area contributed by atoms with E-state index >= 15 is 0 Å². The minimum Gasteiger partial charge on any atom is -0.246 e. The number of aromatic nitrogens is 3. The Bertz CT molecular complexity index is 1190. The van der Waals surface area contributed by atoms with Gasteiger partial charge in [-0.2, -0.15) is 0 Å². The molecule has 4 bridgehead atoms. The lowest BCUT2D eigenvalue weighted by molar-refractivity contribution is 0.0321. The maximum absolute atomic E-state index is 14.3. The molecule has 3 saturated carbocycles. The minimum atomic E-state index is -0.344. The van der Waals surface area contributed by atoms with Gasteiger partial charge in [0.15, 0.2) is 0 Å². The van der Waals surface area contributed by atoms with Gasteiger partial charge in [-0.15, -0.1) is 0 Å². The first-order chi connectivity index (χ1) is 15.8. The largest absolute Gasteiger partial charge is 0.348 e. The summed E-state index contributed by atoms with van der Waals surface area (Å²) in [6, 6.07) is 0.0343. The van der Waals surface area contributed by atoms with Crippen LogP contribution in [0.5, 0.6) is 0 Å². The summed E-state index contributed by atoms with van der Waals surface area (Å²) in [6.07, 6.45) is 20.1. The third-order valence-corrected chi connectivity index (χ3v) is 11.7. The molecule has 0 radical (unpaired) electrons. The molecule has 0 unspecified atom stereocenters. The molecule has 3 fully saturated rings. The Labute approximate surface area is 196 Å². The van der Waals surface area contributed by atoms with Crippen LogP contribution in [-0.4, -0.2) is 13.9 Å². The Hall–Kier alpha value is -1.78. The molecule has 1 spiro atoms. The van der Waals surface area contributed by atoms with Crippen molar-refractivity contribution in [2.75, 3.05) is 0 Å². The molecule has 5 aliphatic carbocycles. The minimum absolute atomic E-state index is 0.00612. The molecule has 0 amide bonds. The number of hydrogen-bond acceptors (Lipinski definition) is 2. The van der Waals surface area contributed by atoms with Crippen molar-refractivity contribution in [1.29, 1.82) is 0 Å². The van der Waals surface area contributed by atoms with Crippen LogP contribution >= 0.6 is 0 Å². The fourth-order valence-electron chi connectivity index (χ4n) is 9.43. The highest BCUT2D eigenvalue weighted by molar-refractivity contribution is 5.38. The molecule has 5 heteroatoms. The van der Waals surface area contributed by atoms with E-state index in [-0.39, 0.29) is 39.8 Å². The zero-order chi connectivity index (χ0) is 22.8. The molecule has 7 aliphatic rings. The maximum atomic E-state index is 14.3. The third-order valence-electron chi connectivity index (χ3n) is 11.7. The number of fused-ring (bicyclic) bond motifs is 2. The van der Waals surface area contributed by atoms with Gasteiger partial charge in [0.2, 0.25) is 0 Å². The lowest BCUT2D eigenvalue weighted by atomic mass is 9.55. The standard InChI is InChI=1S/C28H39N3O2/c1-26(2)19-11-14-27(26,3)22(17-19)29-24(32)30-21-12-15-28(31(30)25(29)33)13-9-7-5-4-6-8-10-18-16-20(21)23(18)28/h12,15-16,19-23H,4-11,13-14,17H2,1-3H3/t19-,20-,21-,22+,23+,27-,28+/m0/s1. The Balaban J connectivity index is 1.40. The average molecular weight is 450 g/mol. The van der Waals surface area contributed by atoms with Crippen LogP contribution < -0.4 is 11.4 Å². The molecule has 1 aromatic heterocycles.